The van der Waals surface area contributed by atoms with Gasteiger partial charge in [0.1, 0.15) is 18.1 Å². The molecule has 0 saturated heterocycles. The van der Waals surface area contributed by atoms with Gasteiger partial charge in [-0.05, 0) is 47.1 Å². The average Bonchev–Trinajstić information content (AvgIpc) is 2.47. The quantitative estimate of drug-likeness (QED) is 0.820. The van der Waals surface area contributed by atoms with Crippen LogP contribution < -0.4 is 9.47 Å². The number of hydrogen-bond donors (Lipinski definition) is 0. The zero-order valence-electron chi connectivity index (χ0n) is 11.1. The molecule has 3 nitrogen and oxygen atoms in total. The molecule has 2 rings (SSSR count). The van der Waals surface area contributed by atoms with Crippen LogP contribution in [0.15, 0.2) is 46.9 Å². The molecule has 0 amide bonds. The van der Waals surface area contributed by atoms with Crippen molar-refractivity contribution in [2.45, 2.75) is 13.5 Å². The largest absolute Gasteiger partial charge is 0.494 e. The Morgan fingerprint density at radius 3 is 2.65 bits per heavy atom. The molecular weight excluding hydrogens is 318 g/mol. The van der Waals surface area contributed by atoms with Crippen LogP contribution in [0, 0.1) is 11.3 Å². The Kier molecular flexibility index (Phi) is 5.03. The van der Waals surface area contributed by atoms with Gasteiger partial charge in [-0.1, -0.05) is 18.2 Å². The van der Waals surface area contributed by atoms with Crippen LogP contribution in [0.2, 0.25) is 0 Å². The summed E-state index contributed by atoms with van der Waals surface area (Å²) in [6.45, 7) is 2.93. The summed E-state index contributed by atoms with van der Waals surface area (Å²) in [5.74, 6) is 1.52. The molecule has 0 heterocycles. The van der Waals surface area contributed by atoms with Crippen molar-refractivity contribution in [3.8, 4) is 17.6 Å². The Bertz CT molecular complexity index is 635. The van der Waals surface area contributed by atoms with E-state index in [0.717, 1.165) is 21.5 Å². The Balaban J connectivity index is 2.09. The number of benzene rings is 2. The number of nitriles is 1. The number of rotatable bonds is 5. The van der Waals surface area contributed by atoms with Gasteiger partial charge in [-0.3, -0.25) is 0 Å². The summed E-state index contributed by atoms with van der Waals surface area (Å²) in [6, 6.07) is 15.2. The highest BCUT2D eigenvalue weighted by Gasteiger charge is 2.06. The molecule has 0 N–H and O–H groups in total. The highest BCUT2D eigenvalue weighted by Crippen LogP contribution is 2.30. The topological polar surface area (TPSA) is 42.2 Å². The molecule has 102 valence electrons. The third-order valence-electron chi connectivity index (χ3n) is 2.74. The van der Waals surface area contributed by atoms with E-state index in [1.807, 2.05) is 43.3 Å². The number of halogens is 1. The van der Waals surface area contributed by atoms with Crippen LogP contribution >= 0.6 is 15.9 Å². The fourth-order valence-electron chi connectivity index (χ4n) is 1.77. The molecule has 0 unspecified atom stereocenters. The monoisotopic (exact) mass is 331 g/mol. The van der Waals surface area contributed by atoms with Gasteiger partial charge in [0.25, 0.3) is 0 Å². The zero-order valence-corrected chi connectivity index (χ0v) is 12.7. The Hall–Kier alpha value is -1.99. The van der Waals surface area contributed by atoms with E-state index in [4.69, 9.17) is 14.7 Å². The van der Waals surface area contributed by atoms with Crippen molar-refractivity contribution in [1.82, 2.24) is 0 Å². The molecule has 0 aliphatic heterocycles. The van der Waals surface area contributed by atoms with Crippen LogP contribution in [0.25, 0.3) is 0 Å². The molecule has 0 aromatic heterocycles. The molecule has 2 aromatic carbocycles. The summed E-state index contributed by atoms with van der Waals surface area (Å²) >= 11 is 3.46. The van der Waals surface area contributed by atoms with Gasteiger partial charge in [0, 0.05) is 5.56 Å². The fourth-order valence-corrected chi connectivity index (χ4v) is 2.24. The van der Waals surface area contributed by atoms with Crippen molar-refractivity contribution in [3.63, 3.8) is 0 Å². The van der Waals surface area contributed by atoms with Crippen LogP contribution in [0.3, 0.4) is 0 Å². The molecule has 0 aliphatic rings. The zero-order chi connectivity index (χ0) is 14.4. The average molecular weight is 332 g/mol. The molecular formula is C16H14BrNO2. The molecule has 2 aromatic rings. The van der Waals surface area contributed by atoms with Crippen molar-refractivity contribution in [2.75, 3.05) is 6.61 Å². The molecule has 0 spiro atoms. The van der Waals surface area contributed by atoms with E-state index in [-0.39, 0.29) is 0 Å². The fraction of sp³-hybridized carbons (Fsp3) is 0.188. The maximum Gasteiger partial charge on any atom is 0.134 e. The molecule has 0 atom stereocenters. The molecule has 0 saturated carbocycles. The van der Waals surface area contributed by atoms with Gasteiger partial charge >= 0.3 is 0 Å². The molecule has 0 aliphatic carbocycles. The van der Waals surface area contributed by atoms with Crippen molar-refractivity contribution in [3.05, 3.63) is 58.1 Å². The van der Waals surface area contributed by atoms with Crippen LogP contribution in [0.4, 0.5) is 0 Å². The number of ether oxygens (including phenoxy) is 2. The summed E-state index contributed by atoms with van der Waals surface area (Å²) in [7, 11) is 0. The standard InChI is InChI=1S/C16H14BrNO2/c1-2-19-14-7-8-16(15(17)9-14)20-11-13-6-4-3-5-12(13)10-18/h3-9H,2,11H2,1H3. The molecule has 20 heavy (non-hydrogen) atoms. The lowest BCUT2D eigenvalue weighted by molar-refractivity contribution is 0.301. The normalized spacial score (nSPS) is 9.85. The Morgan fingerprint density at radius 2 is 1.95 bits per heavy atom. The van der Waals surface area contributed by atoms with Crippen LogP contribution in [-0.4, -0.2) is 6.61 Å². The van der Waals surface area contributed by atoms with Gasteiger partial charge < -0.3 is 9.47 Å². The van der Waals surface area contributed by atoms with Gasteiger partial charge in [-0.25, -0.2) is 0 Å². The van der Waals surface area contributed by atoms with E-state index < -0.39 is 0 Å². The van der Waals surface area contributed by atoms with Gasteiger partial charge in [-0.2, -0.15) is 5.26 Å². The highest BCUT2D eigenvalue weighted by atomic mass is 79.9. The predicted octanol–water partition coefficient (Wildman–Crippen LogP) is 4.30. The van der Waals surface area contributed by atoms with E-state index >= 15 is 0 Å². The lowest BCUT2D eigenvalue weighted by Crippen LogP contribution is -1.99. The van der Waals surface area contributed by atoms with Crippen molar-refractivity contribution in [1.29, 1.82) is 5.26 Å². The van der Waals surface area contributed by atoms with E-state index in [2.05, 4.69) is 22.0 Å². The number of nitrogens with zero attached hydrogens (tertiary/aromatic N) is 1. The predicted molar refractivity (Wildman–Crippen MR) is 80.8 cm³/mol. The van der Waals surface area contributed by atoms with Gasteiger partial charge in [0.15, 0.2) is 0 Å². The second kappa shape index (κ2) is 6.97. The van der Waals surface area contributed by atoms with Gasteiger partial charge in [0.05, 0.1) is 22.7 Å². The summed E-state index contributed by atoms with van der Waals surface area (Å²) in [6.07, 6.45) is 0. The van der Waals surface area contributed by atoms with Gasteiger partial charge in [0.2, 0.25) is 0 Å². The molecule has 0 bridgehead atoms. The third kappa shape index (κ3) is 3.52. The van der Waals surface area contributed by atoms with E-state index in [1.165, 1.54) is 0 Å². The van der Waals surface area contributed by atoms with Crippen molar-refractivity contribution >= 4 is 15.9 Å². The molecule has 4 heteroatoms. The lowest BCUT2D eigenvalue weighted by atomic mass is 10.1. The molecule has 0 fully saturated rings. The summed E-state index contributed by atoms with van der Waals surface area (Å²) < 4.78 is 12.0. The SMILES string of the molecule is CCOc1ccc(OCc2ccccc2C#N)c(Br)c1. The van der Waals surface area contributed by atoms with E-state index in [1.54, 1.807) is 6.07 Å². The highest BCUT2D eigenvalue weighted by molar-refractivity contribution is 9.10. The minimum absolute atomic E-state index is 0.357. The van der Waals surface area contributed by atoms with Crippen LogP contribution in [-0.2, 0) is 6.61 Å². The van der Waals surface area contributed by atoms with E-state index in [0.29, 0.717) is 18.8 Å². The first-order valence-electron chi connectivity index (χ1n) is 6.27. The first-order chi connectivity index (χ1) is 9.74. The maximum atomic E-state index is 9.03. The summed E-state index contributed by atoms with van der Waals surface area (Å²) in [4.78, 5) is 0. The first-order valence-corrected chi connectivity index (χ1v) is 7.07. The minimum Gasteiger partial charge on any atom is -0.494 e. The van der Waals surface area contributed by atoms with E-state index in [9.17, 15) is 0 Å². The third-order valence-corrected chi connectivity index (χ3v) is 3.36. The summed E-state index contributed by atoms with van der Waals surface area (Å²) in [5.41, 5.74) is 1.50. The Morgan fingerprint density at radius 1 is 1.15 bits per heavy atom. The first kappa shape index (κ1) is 14.4. The van der Waals surface area contributed by atoms with Crippen LogP contribution in [0.1, 0.15) is 18.1 Å². The second-order valence-corrected chi connectivity index (χ2v) is 4.94. The van der Waals surface area contributed by atoms with Crippen molar-refractivity contribution < 1.29 is 9.47 Å². The maximum absolute atomic E-state index is 9.03. The van der Waals surface area contributed by atoms with Crippen LogP contribution in [0.5, 0.6) is 11.5 Å². The minimum atomic E-state index is 0.357. The lowest BCUT2D eigenvalue weighted by Gasteiger charge is -2.11. The van der Waals surface area contributed by atoms with Crippen molar-refractivity contribution in [2.24, 2.45) is 0 Å². The smallest absolute Gasteiger partial charge is 0.134 e. The number of hydrogen-bond acceptors (Lipinski definition) is 3. The van der Waals surface area contributed by atoms with Gasteiger partial charge in [-0.15, -0.1) is 0 Å². The second-order valence-electron chi connectivity index (χ2n) is 4.08. The summed E-state index contributed by atoms with van der Waals surface area (Å²) in [5, 5.41) is 9.03. The Labute approximate surface area is 126 Å². The molecule has 0 radical (unpaired) electrons.